The summed E-state index contributed by atoms with van der Waals surface area (Å²) in [5.74, 6) is 0. The van der Waals surface area contributed by atoms with Crippen molar-refractivity contribution in [3.05, 3.63) is 30.6 Å². The Balaban J connectivity index is 2.00. The quantitative estimate of drug-likeness (QED) is 0.855. The molecule has 0 spiro atoms. The third kappa shape index (κ3) is 2.21. The van der Waals surface area contributed by atoms with Crippen LogP contribution in [0.25, 0.3) is 17.1 Å². The molecular weight excluding hydrogens is 246 g/mol. The number of hydrogen-bond acceptors (Lipinski definition) is 2. The van der Waals surface area contributed by atoms with Crippen LogP contribution >= 0.6 is 0 Å². The van der Waals surface area contributed by atoms with Gasteiger partial charge in [0.25, 0.3) is 0 Å². The lowest BCUT2D eigenvalue weighted by atomic mass is 9.73. The van der Waals surface area contributed by atoms with Gasteiger partial charge >= 0.3 is 0 Å². The molecule has 1 atom stereocenters. The molecule has 3 rings (SSSR count). The van der Waals surface area contributed by atoms with Gasteiger partial charge in [0, 0.05) is 29.4 Å². The minimum atomic E-state index is 0.336. The van der Waals surface area contributed by atoms with Gasteiger partial charge in [0.2, 0.25) is 0 Å². The SMILES string of the molecule is C=Cc1cnc2[nH]ccc2c1NC1CCCCC1(C)C. The molecule has 1 fully saturated rings. The van der Waals surface area contributed by atoms with Crippen molar-refractivity contribution in [2.24, 2.45) is 5.41 Å². The van der Waals surface area contributed by atoms with E-state index in [-0.39, 0.29) is 0 Å². The van der Waals surface area contributed by atoms with Crippen molar-refractivity contribution in [3.63, 3.8) is 0 Å². The largest absolute Gasteiger partial charge is 0.381 e. The van der Waals surface area contributed by atoms with Crippen molar-refractivity contribution in [2.75, 3.05) is 5.32 Å². The second-order valence-corrected chi connectivity index (χ2v) is 6.46. The highest BCUT2D eigenvalue weighted by molar-refractivity contribution is 5.94. The standard InChI is InChI=1S/C17H23N3/c1-4-12-11-19-16-13(8-10-18-16)15(12)20-14-7-5-6-9-17(14,2)3/h4,8,10-11,14H,1,5-7,9H2,2-3H3,(H2,18,19,20). The number of nitrogens with zero attached hydrogens (tertiary/aromatic N) is 1. The van der Waals surface area contributed by atoms with E-state index in [1.165, 1.54) is 31.4 Å². The zero-order chi connectivity index (χ0) is 14.2. The Labute approximate surface area is 120 Å². The molecule has 1 aliphatic rings. The van der Waals surface area contributed by atoms with E-state index in [0.29, 0.717) is 11.5 Å². The van der Waals surface area contributed by atoms with Gasteiger partial charge in [-0.1, -0.05) is 39.3 Å². The highest BCUT2D eigenvalue weighted by Crippen LogP contribution is 2.39. The van der Waals surface area contributed by atoms with Gasteiger partial charge in [0.05, 0.1) is 5.69 Å². The maximum absolute atomic E-state index is 4.44. The molecule has 3 nitrogen and oxygen atoms in total. The maximum Gasteiger partial charge on any atom is 0.139 e. The molecule has 2 N–H and O–H groups in total. The van der Waals surface area contributed by atoms with E-state index in [4.69, 9.17) is 0 Å². The summed E-state index contributed by atoms with van der Waals surface area (Å²) in [6.07, 6.45) is 10.9. The lowest BCUT2D eigenvalue weighted by Crippen LogP contribution is -2.39. The molecule has 2 aromatic rings. The van der Waals surface area contributed by atoms with Gasteiger partial charge in [-0.2, -0.15) is 0 Å². The van der Waals surface area contributed by atoms with Crippen molar-refractivity contribution < 1.29 is 0 Å². The summed E-state index contributed by atoms with van der Waals surface area (Å²) in [4.78, 5) is 7.62. The fraction of sp³-hybridized carbons (Fsp3) is 0.471. The zero-order valence-corrected chi connectivity index (χ0v) is 12.4. The minimum absolute atomic E-state index is 0.336. The molecule has 1 saturated carbocycles. The minimum Gasteiger partial charge on any atom is -0.381 e. The van der Waals surface area contributed by atoms with Gasteiger partial charge < -0.3 is 10.3 Å². The van der Waals surface area contributed by atoms with Gasteiger partial charge in [0.1, 0.15) is 5.65 Å². The normalized spacial score (nSPS) is 21.8. The van der Waals surface area contributed by atoms with Crippen molar-refractivity contribution in [3.8, 4) is 0 Å². The number of hydrogen-bond donors (Lipinski definition) is 2. The predicted molar refractivity (Wildman–Crippen MR) is 85.8 cm³/mol. The maximum atomic E-state index is 4.44. The van der Waals surface area contributed by atoms with E-state index in [1.54, 1.807) is 0 Å². The Morgan fingerprint density at radius 2 is 2.30 bits per heavy atom. The molecular formula is C17H23N3. The van der Waals surface area contributed by atoms with Crippen LogP contribution in [0.2, 0.25) is 0 Å². The molecule has 1 unspecified atom stereocenters. The second-order valence-electron chi connectivity index (χ2n) is 6.46. The third-order valence-electron chi connectivity index (χ3n) is 4.66. The average molecular weight is 269 g/mol. The molecule has 106 valence electrons. The lowest BCUT2D eigenvalue weighted by molar-refractivity contribution is 0.217. The Morgan fingerprint density at radius 1 is 1.45 bits per heavy atom. The van der Waals surface area contributed by atoms with Crippen molar-refractivity contribution in [1.82, 2.24) is 9.97 Å². The van der Waals surface area contributed by atoms with Crippen molar-refractivity contribution in [1.29, 1.82) is 0 Å². The van der Waals surface area contributed by atoms with Crippen LogP contribution in [0, 0.1) is 5.41 Å². The summed E-state index contributed by atoms with van der Waals surface area (Å²) in [5.41, 5.74) is 3.53. The Kier molecular flexibility index (Phi) is 3.28. The van der Waals surface area contributed by atoms with Gasteiger partial charge in [-0.15, -0.1) is 0 Å². The lowest BCUT2D eigenvalue weighted by Gasteiger charge is -2.40. The first kappa shape index (κ1) is 13.2. The summed E-state index contributed by atoms with van der Waals surface area (Å²) < 4.78 is 0. The van der Waals surface area contributed by atoms with Gasteiger partial charge in [0.15, 0.2) is 0 Å². The number of H-pyrrole nitrogens is 1. The molecule has 2 aromatic heterocycles. The molecule has 3 heteroatoms. The van der Waals surface area contributed by atoms with Crippen molar-refractivity contribution in [2.45, 2.75) is 45.6 Å². The van der Waals surface area contributed by atoms with Crippen LogP contribution < -0.4 is 5.32 Å². The molecule has 0 saturated heterocycles. The number of pyridine rings is 1. The summed E-state index contributed by atoms with van der Waals surface area (Å²) in [6.45, 7) is 8.66. The fourth-order valence-corrected chi connectivity index (χ4v) is 3.27. The molecule has 0 bridgehead atoms. The van der Waals surface area contributed by atoms with E-state index in [2.05, 4.69) is 41.8 Å². The number of aromatic nitrogens is 2. The zero-order valence-electron chi connectivity index (χ0n) is 12.4. The Morgan fingerprint density at radius 3 is 3.05 bits per heavy atom. The van der Waals surface area contributed by atoms with E-state index < -0.39 is 0 Å². The first-order valence-electron chi connectivity index (χ1n) is 7.47. The van der Waals surface area contributed by atoms with Crippen molar-refractivity contribution >= 4 is 22.8 Å². The Hall–Kier alpha value is -1.77. The number of aromatic amines is 1. The van der Waals surface area contributed by atoms with Crippen LogP contribution in [-0.2, 0) is 0 Å². The molecule has 0 radical (unpaired) electrons. The summed E-state index contributed by atoms with van der Waals surface area (Å²) in [7, 11) is 0. The number of nitrogens with one attached hydrogen (secondary N) is 2. The first-order chi connectivity index (χ1) is 9.62. The van der Waals surface area contributed by atoms with E-state index in [0.717, 1.165) is 16.6 Å². The molecule has 0 aliphatic heterocycles. The van der Waals surface area contributed by atoms with Crippen LogP contribution in [0.1, 0.15) is 45.1 Å². The van der Waals surface area contributed by atoms with Gasteiger partial charge in [-0.05, 0) is 24.3 Å². The monoisotopic (exact) mass is 269 g/mol. The highest BCUT2D eigenvalue weighted by Gasteiger charge is 2.32. The summed E-state index contributed by atoms with van der Waals surface area (Å²) >= 11 is 0. The molecule has 2 heterocycles. The van der Waals surface area contributed by atoms with Gasteiger partial charge in [-0.25, -0.2) is 4.98 Å². The molecule has 1 aliphatic carbocycles. The van der Waals surface area contributed by atoms with E-state index >= 15 is 0 Å². The topological polar surface area (TPSA) is 40.7 Å². The van der Waals surface area contributed by atoms with E-state index in [1.807, 2.05) is 18.5 Å². The summed E-state index contributed by atoms with van der Waals surface area (Å²) in [5, 5.41) is 4.94. The van der Waals surface area contributed by atoms with Crippen LogP contribution in [0.4, 0.5) is 5.69 Å². The van der Waals surface area contributed by atoms with Crippen LogP contribution in [-0.4, -0.2) is 16.0 Å². The van der Waals surface area contributed by atoms with Crippen LogP contribution in [0.3, 0.4) is 0 Å². The smallest absolute Gasteiger partial charge is 0.139 e. The number of fused-ring (bicyclic) bond motifs is 1. The Bertz CT molecular complexity index is 624. The van der Waals surface area contributed by atoms with Crippen LogP contribution in [0.15, 0.2) is 25.0 Å². The van der Waals surface area contributed by atoms with E-state index in [9.17, 15) is 0 Å². The molecule has 0 amide bonds. The first-order valence-corrected chi connectivity index (χ1v) is 7.47. The predicted octanol–water partition coefficient (Wildman–Crippen LogP) is 4.59. The number of anilines is 1. The van der Waals surface area contributed by atoms with Crippen LogP contribution in [0.5, 0.6) is 0 Å². The van der Waals surface area contributed by atoms with Gasteiger partial charge in [-0.3, -0.25) is 0 Å². The highest BCUT2D eigenvalue weighted by atomic mass is 15.0. The molecule has 0 aromatic carbocycles. The average Bonchev–Trinajstić information content (AvgIpc) is 2.89. The number of rotatable bonds is 3. The summed E-state index contributed by atoms with van der Waals surface area (Å²) in [6, 6.07) is 2.60. The molecule has 20 heavy (non-hydrogen) atoms. The second kappa shape index (κ2) is 4.97. The fourth-order valence-electron chi connectivity index (χ4n) is 3.27. The third-order valence-corrected chi connectivity index (χ3v) is 4.66.